The maximum atomic E-state index is 8.74. The average Bonchev–Trinajstić information content (AvgIpc) is 2.32. The second-order valence-corrected chi connectivity index (χ2v) is 5.85. The topological polar surface area (TPSA) is 58.3 Å². The first-order valence-corrected chi connectivity index (χ1v) is 7.20. The highest BCUT2D eigenvalue weighted by atomic mass is 16.2. The van der Waals surface area contributed by atoms with E-state index in [1.807, 2.05) is 0 Å². The van der Waals surface area contributed by atoms with E-state index in [0.717, 1.165) is 38.3 Å². The molecule has 0 bridgehead atoms. The molecule has 17 heavy (non-hydrogen) atoms. The Morgan fingerprint density at radius 1 is 1.29 bits per heavy atom. The van der Waals surface area contributed by atoms with Crippen molar-refractivity contribution in [2.45, 2.75) is 57.9 Å². The van der Waals surface area contributed by atoms with Crippen LogP contribution in [0.25, 0.3) is 0 Å². The van der Waals surface area contributed by atoms with Crippen LogP contribution in [0.3, 0.4) is 0 Å². The Balaban J connectivity index is 2.35. The van der Waals surface area contributed by atoms with Crippen LogP contribution in [-0.2, 0) is 0 Å². The fourth-order valence-corrected chi connectivity index (χ4v) is 3.09. The van der Waals surface area contributed by atoms with Gasteiger partial charge in [-0.3, -0.25) is 0 Å². The van der Waals surface area contributed by atoms with E-state index in [0.29, 0.717) is 12.5 Å². The van der Waals surface area contributed by atoms with E-state index in [1.165, 1.54) is 19.3 Å². The fraction of sp³-hybridized carbons (Fsp3) is 1.00. The van der Waals surface area contributed by atoms with Gasteiger partial charge in [-0.05, 0) is 56.9 Å². The van der Waals surface area contributed by atoms with Gasteiger partial charge in [0.2, 0.25) is 0 Å². The number of aliphatic hydroxyl groups is 1. The Bertz CT molecular complexity index is 210. The van der Waals surface area contributed by atoms with Crippen LogP contribution in [0.1, 0.15) is 52.4 Å². The summed E-state index contributed by atoms with van der Waals surface area (Å²) in [4.78, 5) is 0. The molecule has 0 aromatic rings. The van der Waals surface area contributed by atoms with E-state index >= 15 is 0 Å². The van der Waals surface area contributed by atoms with Crippen molar-refractivity contribution in [1.29, 1.82) is 0 Å². The third kappa shape index (κ3) is 4.23. The maximum absolute atomic E-state index is 8.74. The van der Waals surface area contributed by atoms with Crippen molar-refractivity contribution in [2.75, 3.05) is 19.7 Å². The van der Waals surface area contributed by atoms with Crippen LogP contribution in [0, 0.1) is 11.8 Å². The SMILES string of the molecule is CC1CCC(CN)(NCCCCCO)C(C)C1. The first-order valence-electron chi connectivity index (χ1n) is 7.20. The summed E-state index contributed by atoms with van der Waals surface area (Å²) in [5, 5.41) is 12.4. The van der Waals surface area contributed by atoms with Gasteiger partial charge in [0.1, 0.15) is 0 Å². The summed E-state index contributed by atoms with van der Waals surface area (Å²) >= 11 is 0. The molecule has 1 fully saturated rings. The van der Waals surface area contributed by atoms with E-state index in [1.54, 1.807) is 0 Å². The van der Waals surface area contributed by atoms with Gasteiger partial charge < -0.3 is 16.2 Å². The van der Waals surface area contributed by atoms with Crippen molar-refractivity contribution < 1.29 is 5.11 Å². The van der Waals surface area contributed by atoms with Crippen LogP contribution in [0.2, 0.25) is 0 Å². The van der Waals surface area contributed by atoms with Crippen LogP contribution >= 0.6 is 0 Å². The lowest BCUT2D eigenvalue weighted by molar-refractivity contribution is 0.129. The summed E-state index contributed by atoms with van der Waals surface area (Å²) in [6.07, 6.45) is 6.97. The predicted molar refractivity (Wildman–Crippen MR) is 72.9 cm³/mol. The van der Waals surface area contributed by atoms with Gasteiger partial charge >= 0.3 is 0 Å². The van der Waals surface area contributed by atoms with Crippen molar-refractivity contribution in [1.82, 2.24) is 5.32 Å². The summed E-state index contributed by atoms with van der Waals surface area (Å²) in [6.45, 7) is 6.79. The summed E-state index contributed by atoms with van der Waals surface area (Å²) < 4.78 is 0. The standard InChI is InChI=1S/C14H30N2O/c1-12-6-7-14(11-15,13(2)10-12)16-8-4-3-5-9-17/h12-13,16-17H,3-11,15H2,1-2H3. The molecule has 3 heteroatoms. The van der Waals surface area contributed by atoms with Crippen LogP contribution in [-0.4, -0.2) is 30.3 Å². The minimum atomic E-state index is 0.172. The Kier molecular flexibility index (Phi) is 6.45. The summed E-state index contributed by atoms with van der Waals surface area (Å²) in [5.74, 6) is 1.52. The zero-order valence-corrected chi connectivity index (χ0v) is 11.5. The van der Waals surface area contributed by atoms with Crippen LogP contribution in [0.15, 0.2) is 0 Å². The monoisotopic (exact) mass is 242 g/mol. The van der Waals surface area contributed by atoms with Crippen LogP contribution < -0.4 is 11.1 Å². The number of nitrogens with one attached hydrogen (secondary N) is 1. The molecule has 0 aromatic heterocycles. The highest BCUT2D eigenvalue weighted by Gasteiger charge is 2.38. The number of unbranched alkanes of at least 4 members (excludes halogenated alkanes) is 2. The van der Waals surface area contributed by atoms with Gasteiger partial charge in [-0.15, -0.1) is 0 Å². The van der Waals surface area contributed by atoms with Gasteiger partial charge in [-0.1, -0.05) is 13.8 Å². The Hall–Kier alpha value is -0.120. The summed E-state index contributed by atoms with van der Waals surface area (Å²) in [5.41, 5.74) is 6.18. The number of hydrogen-bond acceptors (Lipinski definition) is 3. The summed E-state index contributed by atoms with van der Waals surface area (Å²) in [6, 6.07) is 0. The molecule has 3 atom stereocenters. The second kappa shape index (κ2) is 7.34. The first kappa shape index (κ1) is 14.9. The highest BCUT2D eigenvalue weighted by Crippen LogP contribution is 2.36. The Labute approximate surface area is 106 Å². The molecule has 0 spiro atoms. The largest absolute Gasteiger partial charge is 0.396 e. The fourth-order valence-electron chi connectivity index (χ4n) is 3.09. The molecular weight excluding hydrogens is 212 g/mol. The van der Waals surface area contributed by atoms with E-state index in [4.69, 9.17) is 10.8 Å². The number of aliphatic hydroxyl groups excluding tert-OH is 1. The lowest BCUT2D eigenvalue weighted by atomic mass is 9.70. The molecular formula is C14H30N2O. The molecule has 1 aliphatic rings. The van der Waals surface area contributed by atoms with Crippen molar-refractivity contribution in [3.63, 3.8) is 0 Å². The lowest BCUT2D eigenvalue weighted by Crippen LogP contribution is -2.58. The van der Waals surface area contributed by atoms with Gasteiger partial charge in [0.25, 0.3) is 0 Å². The molecule has 0 amide bonds. The third-order valence-electron chi connectivity index (χ3n) is 4.46. The molecule has 0 aromatic carbocycles. The van der Waals surface area contributed by atoms with Gasteiger partial charge in [-0.25, -0.2) is 0 Å². The zero-order valence-electron chi connectivity index (χ0n) is 11.5. The zero-order chi connectivity index (χ0) is 12.7. The lowest BCUT2D eigenvalue weighted by Gasteiger charge is -2.45. The molecule has 3 nitrogen and oxygen atoms in total. The van der Waals surface area contributed by atoms with Crippen molar-refractivity contribution in [3.05, 3.63) is 0 Å². The normalized spacial score (nSPS) is 33.9. The van der Waals surface area contributed by atoms with Gasteiger partial charge in [0.15, 0.2) is 0 Å². The van der Waals surface area contributed by atoms with E-state index in [-0.39, 0.29) is 5.54 Å². The Morgan fingerprint density at radius 2 is 2.06 bits per heavy atom. The first-order chi connectivity index (χ1) is 8.14. The van der Waals surface area contributed by atoms with Crippen molar-refractivity contribution >= 4 is 0 Å². The molecule has 3 unspecified atom stereocenters. The highest BCUT2D eigenvalue weighted by molar-refractivity contribution is 4.97. The van der Waals surface area contributed by atoms with Crippen molar-refractivity contribution in [3.8, 4) is 0 Å². The number of rotatable bonds is 7. The summed E-state index contributed by atoms with van der Waals surface area (Å²) in [7, 11) is 0. The quantitative estimate of drug-likeness (QED) is 0.598. The second-order valence-electron chi connectivity index (χ2n) is 5.85. The Morgan fingerprint density at radius 3 is 2.65 bits per heavy atom. The minimum absolute atomic E-state index is 0.172. The number of hydrogen-bond donors (Lipinski definition) is 3. The van der Waals surface area contributed by atoms with E-state index in [9.17, 15) is 0 Å². The van der Waals surface area contributed by atoms with E-state index < -0.39 is 0 Å². The predicted octanol–water partition coefficient (Wildman–Crippen LogP) is 1.89. The molecule has 1 aliphatic carbocycles. The van der Waals surface area contributed by atoms with Gasteiger partial charge in [-0.2, -0.15) is 0 Å². The molecule has 0 aliphatic heterocycles. The minimum Gasteiger partial charge on any atom is -0.396 e. The molecule has 0 heterocycles. The van der Waals surface area contributed by atoms with Crippen LogP contribution in [0.5, 0.6) is 0 Å². The third-order valence-corrected chi connectivity index (χ3v) is 4.46. The molecule has 0 radical (unpaired) electrons. The van der Waals surface area contributed by atoms with E-state index in [2.05, 4.69) is 19.2 Å². The number of nitrogens with two attached hydrogens (primary N) is 1. The molecule has 4 N–H and O–H groups in total. The van der Waals surface area contributed by atoms with Gasteiger partial charge in [0, 0.05) is 18.7 Å². The average molecular weight is 242 g/mol. The molecule has 0 saturated heterocycles. The molecule has 1 rings (SSSR count). The molecule has 102 valence electrons. The van der Waals surface area contributed by atoms with Crippen LogP contribution in [0.4, 0.5) is 0 Å². The van der Waals surface area contributed by atoms with Gasteiger partial charge in [0.05, 0.1) is 0 Å². The maximum Gasteiger partial charge on any atom is 0.0431 e. The smallest absolute Gasteiger partial charge is 0.0431 e. The molecule has 1 saturated carbocycles. The van der Waals surface area contributed by atoms with Crippen molar-refractivity contribution in [2.24, 2.45) is 17.6 Å².